The summed E-state index contributed by atoms with van der Waals surface area (Å²) in [5.41, 5.74) is 33.1. The summed E-state index contributed by atoms with van der Waals surface area (Å²) in [6.07, 6.45) is 0.653. The number of hydrogen-bond acceptors (Lipinski definition) is 11. The standard InChI is InChI=1S/C3H7NO.C2H7N3.C2H6N2O.C2H8N2.C2H5NO.C2H7N/c1-3(5)2-4;2*3-1-2(4)5;1-4(2)3;3-1-2-4;1-2-3/h2,4H2,1H3;1,3H2,(H3,4,5);1,3H2,(H2,4,5);3H2,1-2H3;2H,1,3H2;2-3H2,1H3. The molecule has 26 heavy (non-hydrogen) atoms. The van der Waals surface area contributed by atoms with E-state index in [2.05, 4.69) is 11.5 Å². The molecule has 0 spiro atoms. The van der Waals surface area contributed by atoms with Crippen LogP contribution in [0.25, 0.3) is 0 Å². The van der Waals surface area contributed by atoms with Gasteiger partial charge in [-0.2, -0.15) is 0 Å². The van der Waals surface area contributed by atoms with E-state index in [0.29, 0.717) is 6.29 Å². The van der Waals surface area contributed by atoms with Crippen LogP contribution in [-0.4, -0.2) is 75.6 Å². The lowest BCUT2D eigenvalue weighted by atomic mass is 10.5. The third kappa shape index (κ3) is 388. The van der Waals surface area contributed by atoms with Gasteiger partial charge in [-0.1, -0.05) is 6.92 Å². The van der Waals surface area contributed by atoms with Crippen LogP contribution in [0.2, 0.25) is 0 Å². The molecule has 0 saturated carbocycles. The minimum absolute atomic E-state index is 0.0324. The minimum Gasteiger partial charge on any atom is -0.387 e. The molecule has 13 nitrogen and oxygen atoms in total. The molecular formula is C13H40N10O3. The molecule has 0 aromatic heterocycles. The lowest BCUT2D eigenvalue weighted by Crippen LogP contribution is -2.21. The maximum absolute atomic E-state index is 9.69. The minimum atomic E-state index is -0.468. The molecule has 0 fully saturated rings. The highest BCUT2D eigenvalue weighted by Crippen LogP contribution is 1.51. The van der Waals surface area contributed by atoms with Crippen molar-refractivity contribution in [3.63, 3.8) is 0 Å². The van der Waals surface area contributed by atoms with Gasteiger partial charge in [0.1, 0.15) is 17.9 Å². The smallest absolute Gasteiger partial charge is 0.231 e. The zero-order valence-corrected chi connectivity index (χ0v) is 16.4. The maximum Gasteiger partial charge on any atom is 0.231 e. The Balaban J connectivity index is -0.0000000466. The number of carbonyl (C=O) groups excluding carboxylic acids is 3. The van der Waals surface area contributed by atoms with Crippen LogP contribution in [0.5, 0.6) is 0 Å². The number of nitrogens with two attached hydrogens (primary N) is 8. The molecule has 0 radical (unpaired) electrons. The predicted octanol–water partition coefficient (Wildman–Crippen LogP) is -4.62. The van der Waals surface area contributed by atoms with Crippen LogP contribution in [0.3, 0.4) is 0 Å². The summed E-state index contributed by atoms with van der Waals surface area (Å²) in [7, 11) is 3.56. The van der Waals surface area contributed by atoms with Crippen LogP contribution in [0, 0.1) is 5.41 Å². The number of Topliss-reactive ketones (excluding diaryl/α,β-unsaturated/α-hetero) is 1. The van der Waals surface area contributed by atoms with Crippen molar-refractivity contribution < 1.29 is 14.4 Å². The zero-order chi connectivity index (χ0) is 22.6. The van der Waals surface area contributed by atoms with Crippen LogP contribution >= 0.6 is 0 Å². The van der Waals surface area contributed by atoms with Gasteiger partial charge in [0, 0.05) is 20.6 Å². The first-order valence-electron chi connectivity index (χ1n) is 7.34. The summed E-state index contributed by atoms with van der Waals surface area (Å²) in [6.45, 7) is 4.53. The van der Waals surface area contributed by atoms with E-state index in [1.807, 2.05) is 6.92 Å². The third-order valence-corrected chi connectivity index (χ3v) is 0.805. The molecule has 0 aliphatic carbocycles. The number of carbonyl (C=O) groups is 3. The van der Waals surface area contributed by atoms with Gasteiger partial charge < -0.3 is 44.9 Å². The Morgan fingerprint density at radius 1 is 0.962 bits per heavy atom. The fraction of sp³-hybridized carbons (Fsp3) is 0.692. The summed E-state index contributed by atoms with van der Waals surface area (Å²) in [4.78, 5) is 28.2. The van der Waals surface area contributed by atoms with Crippen molar-refractivity contribution >= 4 is 23.8 Å². The zero-order valence-electron chi connectivity index (χ0n) is 16.4. The summed E-state index contributed by atoms with van der Waals surface area (Å²) in [5.74, 6) is 4.54. The van der Waals surface area contributed by atoms with E-state index in [9.17, 15) is 9.59 Å². The number of primary amides is 1. The number of hydrogen-bond donors (Lipinski definition) is 9. The molecule has 160 valence electrons. The summed E-state index contributed by atoms with van der Waals surface area (Å²) in [5, 5.41) is 7.90. The number of amides is 1. The van der Waals surface area contributed by atoms with Crippen molar-refractivity contribution in [3.8, 4) is 0 Å². The van der Waals surface area contributed by atoms with Crippen molar-refractivity contribution in [2.24, 2.45) is 46.0 Å². The van der Waals surface area contributed by atoms with Gasteiger partial charge in [0.2, 0.25) is 5.91 Å². The van der Waals surface area contributed by atoms with E-state index in [4.69, 9.17) is 44.7 Å². The van der Waals surface area contributed by atoms with Gasteiger partial charge in [0.05, 0.1) is 19.6 Å². The Morgan fingerprint density at radius 3 is 1.12 bits per heavy atom. The van der Waals surface area contributed by atoms with Crippen molar-refractivity contribution in [1.82, 2.24) is 5.01 Å². The number of aldehydes is 1. The molecule has 0 aromatic carbocycles. The van der Waals surface area contributed by atoms with Gasteiger partial charge in [-0.25, -0.2) is 0 Å². The van der Waals surface area contributed by atoms with E-state index in [0.717, 1.165) is 6.54 Å². The molecule has 13 heteroatoms. The molecule has 0 unspecified atom stereocenters. The Labute approximate surface area is 156 Å². The fourth-order valence-electron chi connectivity index (χ4n) is 0. The number of nitrogens with zero attached hydrogens (tertiary/aromatic N) is 1. The molecule has 0 bridgehead atoms. The van der Waals surface area contributed by atoms with Gasteiger partial charge in [-0.3, -0.25) is 25.8 Å². The second-order valence-electron chi connectivity index (χ2n) is 4.08. The lowest BCUT2D eigenvalue weighted by Gasteiger charge is -1.91. The Bertz CT molecular complexity index is 266. The number of rotatable bonds is 4. The van der Waals surface area contributed by atoms with Gasteiger partial charge in [-0.05, 0) is 13.5 Å². The SMILES string of the molecule is CC(=O)CN.CCN.CN(C)N.N=C(N)CN.NCC(N)=O.NCC=O. The van der Waals surface area contributed by atoms with E-state index < -0.39 is 5.91 Å². The van der Waals surface area contributed by atoms with Gasteiger partial charge in [0.15, 0.2) is 0 Å². The Morgan fingerprint density at radius 2 is 1.12 bits per heavy atom. The molecule has 0 aromatic rings. The van der Waals surface area contributed by atoms with E-state index in [1.54, 1.807) is 14.1 Å². The van der Waals surface area contributed by atoms with E-state index >= 15 is 0 Å². The normalized spacial score (nSPS) is 7.35. The highest BCUT2D eigenvalue weighted by atomic mass is 16.1. The lowest BCUT2D eigenvalue weighted by molar-refractivity contribution is -0.117. The molecular weight excluding hydrogens is 344 g/mol. The third-order valence-electron chi connectivity index (χ3n) is 0.805. The Kier molecular flexibility index (Phi) is 65.5. The summed E-state index contributed by atoms with van der Waals surface area (Å²) in [6, 6.07) is 0. The first-order valence-corrected chi connectivity index (χ1v) is 7.34. The molecule has 0 aliphatic rings. The van der Waals surface area contributed by atoms with Crippen molar-refractivity contribution in [1.29, 1.82) is 5.41 Å². The number of nitrogens with one attached hydrogen (secondary N) is 1. The van der Waals surface area contributed by atoms with E-state index in [-0.39, 0.29) is 37.8 Å². The van der Waals surface area contributed by atoms with Crippen LogP contribution in [0.4, 0.5) is 0 Å². The number of amidine groups is 1. The fourth-order valence-corrected chi connectivity index (χ4v) is 0. The van der Waals surface area contributed by atoms with Crippen molar-refractivity contribution in [3.05, 3.63) is 0 Å². The van der Waals surface area contributed by atoms with Gasteiger partial charge >= 0.3 is 0 Å². The first-order chi connectivity index (χ1) is 11.9. The molecule has 17 N–H and O–H groups in total. The maximum atomic E-state index is 9.69. The second-order valence-corrected chi connectivity index (χ2v) is 4.08. The van der Waals surface area contributed by atoms with Crippen LogP contribution in [0.15, 0.2) is 0 Å². The largest absolute Gasteiger partial charge is 0.387 e. The molecule has 0 atom stereocenters. The average molecular weight is 385 g/mol. The number of hydrazine groups is 1. The van der Waals surface area contributed by atoms with E-state index in [1.165, 1.54) is 11.9 Å². The highest BCUT2D eigenvalue weighted by Gasteiger charge is 1.77. The molecule has 0 rings (SSSR count). The van der Waals surface area contributed by atoms with Crippen molar-refractivity contribution in [2.75, 3.05) is 46.8 Å². The summed E-state index contributed by atoms with van der Waals surface area (Å²) >= 11 is 0. The first kappa shape index (κ1) is 39.2. The average Bonchev–Trinajstić information content (AvgIpc) is 2.56. The molecule has 0 heterocycles. The quantitative estimate of drug-likeness (QED) is 0.0729. The van der Waals surface area contributed by atoms with Crippen LogP contribution in [-0.2, 0) is 14.4 Å². The van der Waals surface area contributed by atoms with Crippen LogP contribution < -0.4 is 46.0 Å². The molecule has 0 saturated heterocycles. The molecule has 0 aliphatic heterocycles. The predicted molar refractivity (Wildman–Crippen MR) is 107 cm³/mol. The topological polar surface area (TPSA) is 286 Å². The van der Waals surface area contributed by atoms with Gasteiger partial charge in [0.25, 0.3) is 0 Å². The number of ketones is 1. The highest BCUT2D eigenvalue weighted by molar-refractivity contribution is 5.78. The van der Waals surface area contributed by atoms with Crippen LogP contribution in [0.1, 0.15) is 13.8 Å². The second kappa shape index (κ2) is 43.5. The molecule has 1 amide bonds. The summed E-state index contributed by atoms with van der Waals surface area (Å²) < 4.78 is 0. The monoisotopic (exact) mass is 384 g/mol. The Hall–Kier alpha value is -2.00. The van der Waals surface area contributed by atoms with Crippen molar-refractivity contribution in [2.45, 2.75) is 13.8 Å². The van der Waals surface area contributed by atoms with Gasteiger partial charge in [-0.15, -0.1) is 0 Å².